The van der Waals surface area contributed by atoms with Crippen molar-refractivity contribution < 1.29 is 13.9 Å². The van der Waals surface area contributed by atoms with Gasteiger partial charge >= 0.3 is 6.03 Å². The van der Waals surface area contributed by atoms with Crippen molar-refractivity contribution in [2.45, 2.75) is 0 Å². The van der Waals surface area contributed by atoms with E-state index in [9.17, 15) is 9.18 Å². The zero-order valence-electron chi connectivity index (χ0n) is 11.3. The fourth-order valence-electron chi connectivity index (χ4n) is 1.58. The number of hydrogen-bond donors (Lipinski definition) is 2. The number of methoxy groups -OCH3 is 1. The van der Waals surface area contributed by atoms with Gasteiger partial charge in [-0.1, -0.05) is 12.1 Å². The second-order valence-corrected chi connectivity index (χ2v) is 4.11. The number of benzene rings is 2. The quantitative estimate of drug-likeness (QED) is 0.670. The van der Waals surface area contributed by atoms with Crippen molar-refractivity contribution in [2.75, 3.05) is 12.4 Å². The van der Waals surface area contributed by atoms with Crippen LogP contribution in [0.5, 0.6) is 5.75 Å². The van der Waals surface area contributed by atoms with Gasteiger partial charge in [0.25, 0.3) is 0 Å². The maximum Gasteiger partial charge on any atom is 0.339 e. The Labute approximate surface area is 121 Å². The Morgan fingerprint density at radius 3 is 2.71 bits per heavy atom. The molecule has 2 aromatic carbocycles. The molecule has 0 heterocycles. The average Bonchev–Trinajstić information content (AvgIpc) is 2.50. The molecular formula is C15H14FN3O2. The first-order valence-electron chi connectivity index (χ1n) is 6.17. The number of urea groups is 1. The summed E-state index contributed by atoms with van der Waals surface area (Å²) in [4.78, 5) is 11.6. The van der Waals surface area contributed by atoms with E-state index in [0.29, 0.717) is 11.4 Å². The Morgan fingerprint density at radius 2 is 2.00 bits per heavy atom. The number of rotatable bonds is 4. The Morgan fingerprint density at radius 1 is 1.24 bits per heavy atom. The summed E-state index contributed by atoms with van der Waals surface area (Å²) >= 11 is 0. The Balaban J connectivity index is 1.88. The minimum Gasteiger partial charge on any atom is -0.497 e. The minimum atomic E-state index is -0.513. The summed E-state index contributed by atoms with van der Waals surface area (Å²) in [6.45, 7) is 0. The lowest BCUT2D eigenvalue weighted by atomic mass is 10.2. The van der Waals surface area contributed by atoms with Crippen molar-refractivity contribution in [3.63, 3.8) is 0 Å². The molecule has 0 aromatic heterocycles. The van der Waals surface area contributed by atoms with E-state index >= 15 is 0 Å². The van der Waals surface area contributed by atoms with Crippen molar-refractivity contribution in [1.29, 1.82) is 0 Å². The summed E-state index contributed by atoms with van der Waals surface area (Å²) in [6.07, 6.45) is 1.49. The summed E-state index contributed by atoms with van der Waals surface area (Å²) in [7, 11) is 1.57. The van der Waals surface area contributed by atoms with Gasteiger partial charge in [0, 0.05) is 5.69 Å². The van der Waals surface area contributed by atoms with E-state index < -0.39 is 6.03 Å². The molecule has 108 valence electrons. The van der Waals surface area contributed by atoms with Crippen LogP contribution in [-0.2, 0) is 0 Å². The number of ether oxygens (including phenoxy) is 1. The van der Waals surface area contributed by atoms with E-state index in [1.807, 2.05) is 18.2 Å². The summed E-state index contributed by atoms with van der Waals surface area (Å²) in [6, 6.07) is 12.2. The van der Waals surface area contributed by atoms with Gasteiger partial charge in [-0.05, 0) is 42.0 Å². The molecule has 21 heavy (non-hydrogen) atoms. The lowest BCUT2D eigenvalue weighted by Crippen LogP contribution is -2.24. The molecule has 0 spiro atoms. The predicted octanol–water partition coefficient (Wildman–Crippen LogP) is 2.99. The van der Waals surface area contributed by atoms with Crippen molar-refractivity contribution >= 4 is 17.9 Å². The molecule has 0 saturated heterocycles. The van der Waals surface area contributed by atoms with Gasteiger partial charge in [-0.2, -0.15) is 5.10 Å². The number of hydrazone groups is 1. The molecule has 0 fully saturated rings. The van der Waals surface area contributed by atoms with Crippen LogP contribution in [0.1, 0.15) is 5.56 Å². The first-order valence-corrected chi connectivity index (χ1v) is 6.17. The predicted molar refractivity (Wildman–Crippen MR) is 79.1 cm³/mol. The largest absolute Gasteiger partial charge is 0.497 e. The third kappa shape index (κ3) is 4.61. The number of nitrogens with one attached hydrogen (secondary N) is 2. The third-order valence-corrected chi connectivity index (χ3v) is 2.58. The summed E-state index contributed by atoms with van der Waals surface area (Å²) < 4.78 is 17.8. The highest BCUT2D eigenvalue weighted by atomic mass is 19.1. The van der Waals surface area contributed by atoms with E-state index in [4.69, 9.17) is 4.74 Å². The molecule has 0 aliphatic heterocycles. The number of halogens is 1. The van der Waals surface area contributed by atoms with Crippen molar-refractivity contribution in [1.82, 2.24) is 5.43 Å². The Kier molecular flexibility index (Phi) is 4.87. The highest BCUT2D eigenvalue weighted by Gasteiger charge is 1.99. The number of amides is 2. The van der Waals surface area contributed by atoms with E-state index in [1.165, 1.54) is 30.5 Å². The first kappa shape index (κ1) is 14.5. The number of nitrogens with zero attached hydrogens (tertiary/aromatic N) is 1. The summed E-state index contributed by atoms with van der Waals surface area (Å²) in [5.41, 5.74) is 3.58. The van der Waals surface area contributed by atoms with E-state index in [0.717, 1.165) is 5.56 Å². The highest BCUT2D eigenvalue weighted by Crippen LogP contribution is 2.10. The zero-order chi connectivity index (χ0) is 15.1. The van der Waals surface area contributed by atoms with Gasteiger partial charge in [-0.15, -0.1) is 0 Å². The molecule has 0 bridgehead atoms. The molecule has 2 aromatic rings. The van der Waals surface area contributed by atoms with Crippen LogP contribution in [0.3, 0.4) is 0 Å². The molecule has 0 unspecified atom stereocenters. The van der Waals surface area contributed by atoms with Gasteiger partial charge in [0.2, 0.25) is 0 Å². The topological polar surface area (TPSA) is 62.7 Å². The molecule has 5 nitrogen and oxygen atoms in total. The van der Waals surface area contributed by atoms with Gasteiger partial charge in [0.15, 0.2) is 0 Å². The second kappa shape index (κ2) is 7.04. The van der Waals surface area contributed by atoms with Gasteiger partial charge in [-0.25, -0.2) is 14.6 Å². The average molecular weight is 287 g/mol. The molecule has 2 amide bonds. The lowest BCUT2D eigenvalue weighted by Gasteiger charge is -2.03. The van der Waals surface area contributed by atoms with Crippen LogP contribution < -0.4 is 15.5 Å². The van der Waals surface area contributed by atoms with Crippen molar-refractivity contribution in [2.24, 2.45) is 5.10 Å². The van der Waals surface area contributed by atoms with Crippen LogP contribution in [0.4, 0.5) is 14.9 Å². The molecule has 2 N–H and O–H groups in total. The van der Waals surface area contributed by atoms with Gasteiger partial charge < -0.3 is 10.1 Å². The second-order valence-electron chi connectivity index (χ2n) is 4.11. The normalized spacial score (nSPS) is 10.4. The van der Waals surface area contributed by atoms with Crippen LogP contribution in [0.2, 0.25) is 0 Å². The monoisotopic (exact) mass is 287 g/mol. The Bertz CT molecular complexity index is 642. The number of carbonyl (C=O) groups excluding carboxylic acids is 1. The fourth-order valence-corrected chi connectivity index (χ4v) is 1.58. The number of carbonyl (C=O) groups is 1. The van der Waals surface area contributed by atoms with Crippen LogP contribution >= 0.6 is 0 Å². The molecule has 0 aliphatic rings. The standard InChI is InChI=1S/C15H14FN3O2/c1-21-14-4-2-3-11(9-14)10-17-19-15(20)18-13-7-5-12(16)6-8-13/h2-10H,1H3,(H2,18,19,20)/b17-10+. The maximum atomic E-state index is 12.7. The molecule has 0 aliphatic carbocycles. The Hall–Kier alpha value is -2.89. The number of hydrogen-bond acceptors (Lipinski definition) is 3. The lowest BCUT2D eigenvalue weighted by molar-refractivity contribution is 0.252. The third-order valence-electron chi connectivity index (χ3n) is 2.58. The first-order chi connectivity index (χ1) is 10.2. The molecule has 0 saturated carbocycles. The minimum absolute atomic E-state index is 0.364. The SMILES string of the molecule is COc1cccc(/C=N/NC(=O)Nc2ccc(F)cc2)c1. The van der Waals surface area contributed by atoms with Gasteiger partial charge in [-0.3, -0.25) is 0 Å². The van der Waals surface area contributed by atoms with Crippen LogP contribution in [-0.4, -0.2) is 19.4 Å². The molecule has 6 heteroatoms. The zero-order valence-corrected chi connectivity index (χ0v) is 11.3. The summed E-state index contributed by atoms with van der Waals surface area (Å²) in [5.74, 6) is 0.340. The van der Waals surface area contributed by atoms with Gasteiger partial charge in [0.1, 0.15) is 11.6 Å². The molecular weight excluding hydrogens is 273 g/mol. The molecule has 0 radical (unpaired) electrons. The smallest absolute Gasteiger partial charge is 0.339 e. The molecule has 0 atom stereocenters. The van der Waals surface area contributed by atoms with E-state index in [2.05, 4.69) is 15.8 Å². The molecule has 2 rings (SSSR count). The van der Waals surface area contributed by atoms with Gasteiger partial charge in [0.05, 0.1) is 13.3 Å². The van der Waals surface area contributed by atoms with Crippen molar-refractivity contribution in [3.05, 3.63) is 59.9 Å². The van der Waals surface area contributed by atoms with E-state index in [1.54, 1.807) is 13.2 Å². The van der Waals surface area contributed by atoms with Crippen LogP contribution in [0, 0.1) is 5.82 Å². The van der Waals surface area contributed by atoms with E-state index in [-0.39, 0.29) is 5.82 Å². The fraction of sp³-hybridized carbons (Fsp3) is 0.0667. The summed E-state index contributed by atoms with van der Waals surface area (Å²) in [5, 5.41) is 6.34. The maximum absolute atomic E-state index is 12.7. The van der Waals surface area contributed by atoms with Crippen LogP contribution in [0.15, 0.2) is 53.6 Å². The van der Waals surface area contributed by atoms with Crippen LogP contribution in [0.25, 0.3) is 0 Å². The highest BCUT2D eigenvalue weighted by molar-refractivity contribution is 5.90. The van der Waals surface area contributed by atoms with Crippen molar-refractivity contribution in [3.8, 4) is 5.75 Å². The number of anilines is 1.